The molecule has 5 rings (SSSR count). The van der Waals surface area contributed by atoms with E-state index in [2.05, 4.69) is 47.5 Å². The van der Waals surface area contributed by atoms with Gasteiger partial charge in [0.25, 0.3) is 5.91 Å². The average molecular weight is 569 g/mol. The third-order valence-corrected chi connectivity index (χ3v) is 8.08. The summed E-state index contributed by atoms with van der Waals surface area (Å²) in [4.78, 5) is 22.6. The van der Waals surface area contributed by atoms with Crippen LogP contribution in [0.1, 0.15) is 60.4 Å². The molecule has 8 heteroatoms. The van der Waals surface area contributed by atoms with Gasteiger partial charge in [-0.2, -0.15) is 0 Å². The van der Waals surface area contributed by atoms with Crippen LogP contribution in [-0.2, 0) is 13.1 Å². The van der Waals surface area contributed by atoms with Crippen molar-refractivity contribution in [3.63, 3.8) is 0 Å². The molecule has 0 bridgehead atoms. The number of aliphatic hydroxyl groups excluding tert-OH is 1. The van der Waals surface area contributed by atoms with Crippen LogP contribution < -0.4 is 10.1 Å². The van der Waals surface area contributed by atoms with Gasteiger partial charge in [-0.3, -0.25) is 9.78 Å². The first kappa shape index (κ1) is 28.8. The summed E-state index contributed by atoms with van der Waals surface area (Å²) >= 11 is 1.77. The normalized spacial score (nSPS) is 15.0. The standard InChI is InChI=1S/C33H36N4O3S/c1-33(2,3)41-37-21-26-19-28(32(39)35-20-22-7-5-10-27(17-22)40-4)36-31(30(26)29(37)13-16-38)25-9-6-8-24(18-25)23-11-14-34-15-12-23/h5-12,14-15,17-19,29,38H,13,16,20-21H2,1-4H3,(H,35,39)/t29-/m0/s1. The van der Waals surface area contributed by atoms with E-state index < -0.39 is 0 Å². The monoisotopic (exact) mass is 568 g/mol. The highest BCUT2D eigenvalue weighted by atomic mass is 32.2. The Morgan fingerprint density at radius 2 is 1.80 bits per heavy atom. The zero-order valence-electron chi connectivity index (χ0n) is 23.9. The van der Waals surface area contributed by atoms with Crippen LogP contribution in [0.25, 0.3) is 22.4 Å². The summed E-state index contributed by atoms with van der Waals surface area (Å²) in [5, 5.41) is 13.1. The molecule has 1 amide bonds. The van der Waals surface area contributed by atoms with Gasteiger partial charge in [-0.15, -0.1) is 0 Å². The van der Waals surface area contributed by atoms with Crippen molar-refractivity contribution >= 4 is 17.9 Å². The smallest absolute Gasteiger partial charge is 0.270 e. The Bertz CT molecular complexity index is 1520. The minimum atomic E-state index is -0.234. The number of amides is 1. The van der Waals surface area contributed by atoms with Crippen molar-refractivity contribution in [2.24, 2.45) is 0 Å². The summed E-state index contributed by atoms with van der Waals surface area (Å²) in [6, 6.07) is 21.7. The van der Waals surface area contributed by atoms with Crippen molar-refractivity contribution < 1.29 is 14.6 Å². The maximum Gasteiger partial charge on any atom is 0.270 e. The molecule has 2 aromatic heterocycles. The molecule has 0 spiro atoms. The second-order valence-electron chi connectivity index (χ2n) is 11.1. The number of aromatic nitrogens is 2. The van der Waals surface area contributed by atoms with Gasteiger partial charge < -0.3 is 15.2 Å². The maximum atomic E-state index is 13.5. The third kappa shape index (κ3) is 6.78. The summed E-state index contributed by atoms with van der Waals surface area (Å²) in [6.45, 7) is 7.64. The van der Waals surface area contributed by atoms with Crippen LogP contribution in [-0.4, -0.2) is 43.8 Å². The van der Waals surface area contributed by atoms with Gasteiger partial charge in [0.15, 0.2) is 0 Å². The molecule has 1 aliphatic rings. The Balaban J connectivity index is 1.56. The second kappa shape index (κ2) is 12.4. The number of carbonyl (C=O) groups excluding carboxylic acids is 1. The minimum absolute atomic E-state index is 0.0124. The van der Waals surface area contributed by atoms with Gasteiger partial charge >= 0.3 is 0 Å². The Labute approximate surface area is 246 Å². The molecular formula is C33H36N4O3S. The highest BCUT2D eigenvalue weighted by Gasteiger charge is 2.36. The number of hydrogen-bond acceptors (Lipinski definition) is 7. The van der Waals surface area contributed by atoms with E-state index in [0.29, 0.717) is 25.2 Å². The average Bonchev–Trinajstić information content (AvgIpc) is 3.31. The van der Waals surface area contributed by atoms with E-state index in [-0.39, 0.29) is 23.3 Å². The fourth-order valence-electron chi connectivity index (χ4n) is 5.17. The SMILES string of the molecule is COc1cccc(CNC(=O)c2cc3c(c(-c4cccc(-c5ccncc5)c4)n2)[C@H](CCO)N(SC(C)(C)C)C3)c1. The third-order valence-electron chi connectivity index (χ3n) is 6.91. The molecule has 41 heavy (non-hydrogen) atoms. The van der Waals surface area contributed by atoms with Gasteiger partial charge in [0, 0.05) is 48.0 Å². The summed E-state index contributed by atoms with van der Waals surface area (Å²) < 4.78 is 7.64. The Morgan fingerprint density at radius 1 is 1.05 bits per heavy atom. The molecule has 7 nitrogen and oxygen atoms in total. The molecule has 0 aliphatic carbocycles. The molecule has 2 aromatic carbocycles. The predicted molar refractivity (Wildman–Crippen MR) is 164 cm³/mol. The lowest BCUT2D eigenvalue weighted by Crippen LogP contribution is -2.24. The number of fused-ring (bicyclic) bond motifs is 1. The summed E-state index contributed by atoms with van der Waals surface area (Å²) in [7, 11) is 1.63. The molecule has 2 N–H and O–H groups in total. The van der Waals surface area contributed by atoms with Crippen LogP contribution in [0.4, 0.5) is 0 Å². The summed E-state index contributed by atoms with van der Waals surface area (Å²) in [6.07, 6.45) is 4.14. The Morgan fingerprint density at radius 3 is 2.54 bits per heavy atom. The lowest BCUT2D eigenvalue weighted by Gasteiger charge is -2.30. The molecule has 1 aliphatic heterocycles. The van der Waals surface area contributed by atoms with E-state index in [0.717, 1.165) is 44.8 Å². The number of ether oxygens (including phenoxy) is 1. The van der Waals surface area contributed by atoms with E-state index in [1.807, 2.05) is 54.6 Å². The lowest BCUT2D eigenvalue weighted by atomic mass is 9.94. The van der Waals surface area contributed by atoms with E-state index in [1.54, 1.807) is 31.5 Å². The van der Waals surface area contributed by atoms with E-state index in [4.69, 9.17) is 9.72 Å². The molecule has 0 radical (unpaired) electrons. The van der Waals surface area contributed by atoms with Crippen molar-refractivity contribution in [1.29, 1.82) is 0 Å². The quantitative estimate of drug-likeness (QED) is 0.225. The Kier molecular flexibility index (Phi) is 8.73. The molecule has 0 saturated heterocycles. The number of aliphatic hydroxyl groups is 1. The number of nitrogens with one attached hydrogen (secondary N) is 1. The molecule has 0 unspecified atom stereocenters. The number of benzene rings is 2. The first-order valence-electron chi connectivity index (χ1n) is 13.8. The second-order valence-corrected chi connectivity index (χ2v) is 13.0. The van der Waals surface area contributed by atoms with E-state index in [9.17, 15) is 9.90 Å². The largest absolute Gasteiger partial charge is 0.497 e. The zero-order valence-corrected chi connectivity index (χ0v) is 24.7. The van der Waals surface area contributed by atoms with E-state index >= 15 is 0 Å². The number of methoxy groups -OCH3 is 1. The van der Waals surface area contributed by atoms with Gasteiger partial charge in [0.1, 0.15) is 11.4 Å². The van der Waals surface area contributed by atoms with Crippen molar-refractivity contribution in [3.8, 4) is 28.1 Å². The van der Waals surface area contributed by atoms with Crippen LogP contribution in [0.3, 0.4) is 0 Å². The lowest BCUT2D eigenvalue weighted by molar-refractivity contribution is 0.0946. The number of carbonyl (C=O) groups is 1. The van der Waals surface area contributed by atoms with Gasteiger partial charge in [0.2, 0.25) is 0 Å². The zero-order chi connectivity index (χ0) is 29.0. The van der Waals surface area contributed by atoms with Crippen molar-refractivity contribution in [2.75, 3.05) is 13.7 Å². The van der Waals surface area contributed by atoms with Gasteiger partial charge in [-0.1, -0.05) is 42.3 Å². The Hall–Kier alpha value is -3.72. The molecule has 0 saturated carbocycles. The number of rotatable bonds is 9. The van der Waals surface area contributed by atoms with Crippen LogP contribution in [0.5, 0.6) is 5.75 Å². The van der Waals surface area contributed by atoms with Crippen LogP contribution in [0, 0.1) is 0 Å². The van der Waals surface area contributed by atoms with Crippen molar-refractivity contribution in [2.45, 2.75) is 51.1 Å². The fourth-order valence-corrected chi connectivity index (χ4v) is 6.42. The number of pyridine rings is 2. The molecule has 0 fully saturated rings. The fraction of sp³-hybridized carbons (Fsp3) is 0.303. The van der Waals surface area contributed by atoms with Crippen LogP contribution in [0.2, 0.25) is 0 Å². The highest BCUT2D eigenvalue weighted by Crippen LogP contribution is 2.47. The summed E-state index contributed by atoms with van der Waals surface area (Å²) in [5.41, 5.74) is 7.27. The van der Waals surface area contributed by atoms with Crippen LogP contribution >= 0.6 is 11.9 Å². The van der Waals surface area contributed by atoms with E-state index in [1.165, 1.54) is 0 Å². The maximum absolute atomic E-state index is 13.5. The first-order valence-corrected chi connectivity index (χ1v) is 14.6. The number of hydrogen-bond donors (Lipinski definition) is 2. The molecule has 212 valence electrons. The minimum Gasteiger partial charge on any atom is -0.497 e. The topological polar surface area (TPSA) is 87.6 Å². The molecule has 3 heterocycles. The molecule has 4 aromatic rings. The van der Waals surface area contributed by atoms with Gasteiger partial charge in [0.05, 0.1) is 18.8 Å². The molecular weight excluding hydrogens is 532 g/mol. The van der Waals surface area contributed by atoms with Crippen molar-refractivity contribution in [1.82, 2.24) is 19.6 Å². The van der Waals surface area contributed by atoms with Crippen LogP contribution in [0.15, 0.2) is 79.1 Å². The molecule has 1 atom stereocenters. The van der Waals surface area contributed by atoms with Crippen molar-refractivity contribution in [3.05, 3.63) is 102 Å². The highest BCUT2D eigenvalue weighted by molar-refractivity contribution is 7.98. The van der Waals surface area contributed by atoms with Gasteiger partial charge in [-0.25, -0.2) is 9.29 Å². The van der Waals surface area contributed by atoms with Gasteiger partial charge in [-0.05, 0) is 85.8 Å². The first-order chi connectivity index (χ1) is 19.8. The number of nitrogens with zero attached hydrogens (tertiary/aromatic N) is 3. The summed E-state index contributed by atoms with van der Waals surface area (Å²) in [5.74, 6) is 0.512. The predicted octanol–water partition coefficient (Wildman–Crippen LogP) is 6.44.